The van der Waals surface area contributed by atoms with E-state index in [-0.39, 0.29) is 28.8 Å². The van der Waals surface area contributed by atoms with Gasteiger partial charge in [-0.1, -0.05) is 17.7 Å². The van der Waals surface area contributed by atoms with E-state index in [0.717, 1.165) is 0 Å². The zero-order valence-corrected chi connectivity index (χ0v) is 14.2. The van der Waals surface area contributed by atoms with Gasteiger partial charge in [0.1, 0.15) is 5.82 Å². The summed E-state index contributed by atoms with van der Waals surface area (Å²) in [5.41, 5.74) is 0.684. The van der Waals surface area contributed by atoms with Gasteiger partial charge in [-0.3, -0.25) is 9.59 Å². The summed E-state index contributed by atoms with van der Waals surface area (Å²) in [6.45, 7) is 2.71. The number of benzene rings is 1. The number of nitrogens with zero attached hydrogens (tertiary/aromatic N) is 3. The molecule has 2 amide bonds. The summed E-state index contributed by atoms with van der Waals surface area (Å²) in [4.78, 5) is 25.9. The fourth-order valence-electron chi connectivity index (χ4n) is 3.25. The summed E-state index contributed by atoms with van der Waals surface area (Å²) in [6, 6.07) is 4.29. The fraction of sp³-hybridized carbons (Fsp3) is 0.471. The van der Waals surface area contributed by atoms with Gasteiger partial charge in [-0.15, -0.1) is 0 Å². The summed E-state index contributed by atoms with van der Waals surface area (Å²) < 4.78 is 13.7. The van der Waals surface area contributed by atoms with Crippen LogP contribution in [0.3, 0.4) is 0 Å². The second-order valence-corrected chi connectivity index (χ2v) is 6.59. The Balaban J connectivity index is 1.71. The minimum atomic E-state index is -0.497. The number of likely N-dealkylation sites (tertiary alicyclic amines) is 1. The zero-order valence-electron chi connectivity index (χ0n) is 13.4. The maximum Gasteiger partial charge on any atom is 0.246 e. The Kier molecular flexibility index (Phi) is 4.85. The van der Waals surface area contributed by atoms with Crippen molar-refractivity contribution in [1.82, 2.24) is 9.91 Å². The number of hydrogen-bond donors (Lipinski definition) is 0. The molecule has 3 rings (SSSR count). The number of hydrogen-bond acceptors (Lipinski definition) is 3. The number of carbonyl (C=O) groups is 2. The van der Waals surface area contributed by atoms with Gasteiger partial charge in [0.2, 0.25) is 11.8 Å². The number of rotatable bonds is 2. The van der Waals surface area contributed by atoms with Crippen LogP contribution in [0.1, 0.15) is 37.8 Å². The van der Waals surface area contributed by atoms with Crippen molar-refractivity contribution < 1.29 is 14.0 Å². The van der Waals surface area contributed by atoms with Gasteiger partial charge in [-0.25, -0.2) is 9.40 Å². The standard InChI is InChI=1S/C17H19ClFN3O2/c1-11(23)21-8-5-12(6-9-21)17(24)22-16(4-7-20-22)13-2-3-14(18)15(19)10-13/h2-3,7,10,12,16H,4-6,8-9H2,1H3. The monoisotopic (exact) mass is 351 g/mol. The molecule has 0 saturated carbocycles. The molecule has 1 aromatic carbocycles. The van der Waals surface area contributed by atoms with E-state index in [1.807, 2.05) is 0 Å². The molecule has 5 nitrogen and oxygen atoms in total. The molecule has 1 unspecified atom stereocenters. The molecule has 2 heterocycles. The summed E-state index contributed by atoms with van der Waals surface area (Å²) >= 11 is 5.73. The Morgan fingerprint density at radius 3 is 2.62 bits per heavy atom. The molecular formula is C17H19ClFN3O2. The van der Waals surface area contributed by atoms with Crippen LogP contribution in [0.2, 0.25) is 5.02 Å². The Morgan fingerprint density at radius 1 is 1.29 bits per heavy atom. The second-order valence-electron chi connectivity index (χ2n) is 6.19. The third-order valence-corrected chi connectivity index (χ3v) is 4.98. The molecule has 1 fully saturated rings. The molecule has 0 aliphatic carbocycles. The van der Waals surface area contributed by atoms with E-state index in [1.54, 1.807) is 17.2 Å². The largest absolute Gasteiger partial charge is 0.343 e. The van der Waals surface area contributed by atoms with Gasteiger partial charge in [0.25, 0.3) is 0 Å². The van der Waals surface area contributed by atoms with Crippen LogP contribution in [0.15, 0.2) is 23.3 Å². The lowest BCUT2D eigenvalue weighted by molar-refractivity contribution is -0.141. The van der Waals surface area contributed by atoms with E-state index in [0.29, 0.717) is 37.9 Å². The summed E-state index contributed by atoms with van der Waals surface area (Å²) in [5, 5.41) is 5.71. The Labute approximate surface area is 145 Å². The van der Waals surface area contributed by atoms with Crippen LogP contribution in [0.4, 0.5) is 4.39 Å². The van der Waals surface area contributed by atoms with Crippen LogP contribution in [0.5, 0.6) is 0 Å². The van der Waals surface area contributed by atoms with Gasteiger partial charge in [-0.2, -0.15) is 5.10 Å². The van der Waals surface area contributed by atoms with Crippen LogP contribution >= 0.6 is 11.6 Å². The van der Waals surface area contributed by atoms with Gasteiger partial charge in [-0.05, 0) is 30.5 Å². The molecule has 0 bridgehead atoms. The Hall–Kier alpha value is -1.95. The molecule has 7 heteroatoms. The third kappa shape index (κ3) is 3.29. The quantitative estimate of drug-likeness (QED) is 0.822. The first kappa shape index (κ1) is 16.9. The maximum atomic E-state index is 13.7. The van der Waals surface area contributed by atoms with Crippen molar-refractivity contribution in [3.05, 3.63) is 34.6 Å². The average molecular weight is 352 g/mol. The molecule has 128 valence electrons. The lowest BCUT2D eigenvalue weighted by atomic mass is 9.94. The molecule has 0 aromatic heterocycles. The molecule has 1 saturated heterocycles. The molecule has 2 aliphatic rings. The molecule has 1 atom stereocenters. The first-order valence-electron chi connectivity index (χ1n) is 8.03. The van der Waals surface area contributed by atoms with Crippen LogP contribution in [-0.4, -0.2) is 41.0 Å². The fourth-order valence-corrected chi connectivity index (χ4v) is 3.37. The van der Waals surface area contributed by atoms with Gasteiger partial charge < -0.3 is 4.90 Å². The summed E-state index contributed by atoms with van der Waals surface area (Å²) in [7, 11) is 0. The minimum absolute atomic E-state index is 0.0367. The van der Waals surface area contributed by atoms with Crippen molar-refractivity contribution in [2.75, 3.05) is 13.1 Å². The molecule has 1 aromatic rings. The van der Waals surface area contributed by atoms with Crippen molar-refractivity contribution in [2.45, 2.75) is 32.2 Å². The summed E-state index contributed by atoms with van der Waals surface area (Å²) in [6.07, 6.45) is 3.50. The predicted octanol–water partition coefficient (Wildman–Crippen LogP) is 3.00. The van der Waals surface area contributed by atoms with Crippen molar-refractivity contribution in [3.63, 3.8) is 0 Å². The van der Waals surface area contributed by atoms with Crippen molar-refractivity contribution >= 4 is 29.6 Å². The smallest absolute Gasteiger partial charge is 0.246 e. The van der Waals surface area contributed by atoms with Gasteiger partial charge >= 0.3 is 0 Å². The van der Waals surface area contributed by atoms with Gasteiger partial charge in [0.15, 0.2) is 0 Å². The van der Waals surface area contributed by atoms with E-state index >= 15 is 0 Å². The molecule has 24 heavy (non-hydrogen) atoms. The van der Waals surface area contributed by atoms with Crippen LogP contribution in [-0.2, 0) is 9.59 Å². The van der Waals surface area contributed by atoms with Crippen LogP contribution < -0.4 is 0 Å². The number of hydrazone groups is 1. The van der Waals surface area contributed by atoms with E-state index in [1.165, 1.54) is 24.1 Å². The molecular weight excluding hydrogens is 333 g/mol. The lowest BCUT2D eigenvalue weighted by Gasteiger charge is -2.33. The van der Waals surface area contributed by atoms with E-state index in [4.69, 9.17) is 11.6 Å². The first-order chi connectivity index (χ1) is 11.5. The molecule has 0 spiro atoms. The van der Waals surface area contributed by atoms with E-state index in [9.17, 15) is 14.0 Å². The highest BCUT2D eigenvalue weighted by molar-refractivity contribution is 6.30. The maximum absolute atomic E-state index is 13.7. The normalized spacial score (nSPS) is 21.4. The van der Waals surface area contributed by atoms with E-state index < -0.39 is 5.82 Å². The van der Waals surface area contributed by atoms with Gasteiger partial charge in [0, 0.05) is 38.6 Å². The average Bonchev–Trinajstić information content (AvgIpc) is 3.06. The number of amides is 2. The highest BCUT2D eigenvalue weighted by atomic mass is 35.5. The molecule has 0 radical (unpaired) electrons. The number of carbonyl (C=O) groups excluding carboxylic acids is 2. The summed E-state index contributed by atoms with van der Waals surface area (Å²) in [5.74, 6) is -0.680. The Bertz CT molecular complexity index is 686. The number of piperidine rings is 1. The van der Waals surface area contributed by atoms with Crippen LogP contribution in [0.25, 0.3) is 0 Å². The third-order valence-electron chi connectivity index (χ3n) is 4.67. The predicted molar refractivity (Wildman–Crippen MR) is 89.1 cm³/mol. The first-order valence-corrected chi connectivity index (χ1v) is 8.41. The number of halogens is 2. The van der Waals surface area contributed by atoms with Gasteiger partial charge in [0.05, 0.1) is 11.1 Å². The van der Waals surface area contributed by atoms with E-state index in [2.05, 4.69) is 5.10 Å². The highest BCUT2D eigenvalue weighted by Crippen LogP contribution is 2.33. The highest BCUT2D eigenvalue weighted by Gasteiger charge is 2.35. The van der Waals surface area contributed by atoms with Crippen molar-refractivity contribution in [3.8, 4) is 0 Å². The SMILES string of the molecule is CC(=O)N1CCC(C(=O)N2N=CCC2c2ccc(Cl)c(F)c2)CC1. The van der Waals surface area contributed by atoms with Crippen molar-refractivity contribution in [2.24, 2.45) is 11.0 Å². The van der Waals surface area contributed by atoms with Crippen molar-refractivity contribution in [1.29, 1.82) is 0 Å². The zero-order chi connectivity index (χ0) is 17.3. The Morgan fingerprint density at radius 2 is 2.00 bits per heavy atom. The molecule has 0 N–H and O–H groups in total. The second kappa shape index (κ2) is 6.89. The lowest BCUT2D eigenvalue weighted by Crippen LogP contribution is -2.42. The topological polar surface area (TPSA) is 53.0 Å². The molecule has 2 aliphatic heterocycles. The van der Waals surface area contributed by atoms with Crippen LogP contribution in [0, 0.1) is 11.7 Å². The minimum Gasteiger partial charge on any atom is -0.343 e.